The predicted octanol–water partition coefficient (Wildman–Crippen LogP) is 3.43. The van der Waals surface area contributed by atoms with Crippen LogP contribution < -0.4 is 10.3 Å². The lowest BCUT2D eigenvalue weighted by molar-refractivity contribution is 0.324. The van der Waals surface area contributed by atoms with E-state index in [2.05, 4.69) is 17.0 Å². The monoisotopic (exact) mass is 326 g/mol. The van der Waals surface area contributed by atoms with E-state index in [0.29, 0.717) is 5.92 Å². The topological polar surface area (TPSA) is 34.5 Å². The summed E-state index contributed by atoms with van der Waals surface area (Å²) < 4.78 is 7.32. The molecule has 4 nitrogen and oxygen atoms in total. The summed E-state index contributed by atoms with van der Waals surface area (Å²) >= 11 is 0. The summed E-state index contributed by atoms with van der Waals surface area (Å²) in [4.78, 5) is 14.4. The van der Waals surface area contributed by atoms with Crippen molar-refractivity contribution in [3.05, 3.63) is 64.1 Å². The van der Waals surface area contributed by atoms with E-state index in [1.165, 1.54) is 11.1 Å². The van der Waals surface area contributed by atoms with Crippen molar-refractivity contribution in [2.45, 2.75) is 38.8 Å². The summed E-state index contributed by atoms with van der Waals surface area (Å²) in [5, 5.41) is 0. The Bertz CT molecular complexity index is 751. The van der Waals surface area contributed by atoms with Crippen LogP contribution in [0.2, 0.25) is 0 Å². The molecule has 1 saturated heterocycles. The molecule has 4 heteroatoms. The molecule has 0 amide bonds. The van der Waals surface area contributed by atoms with Gasteiger partial charge >= 0.3 is 0 Å². The minimum atomic E-state index is 0.0714. The number of likely N-dealkylation sites (tertiary alicyclic amines) is 1. The van der Waals surface area contributed by atoms with Gasteiger partial charge in [0.2, 0.25) is 0 Å². The second kappa shape index (κ2) is 7.22. The summed E-state index contributed by atoms with van der Waals surface area (Å²) in [6, 6.07) is 12.1. The van der Waals surface area contributed by atoms with Gasteiger partial charge in [-0.3, -0.25) is 9.69 Å². The summed E-state index contributed by atoms with van der Waals surface area (Å²) in [6.45, 7) is 7.07. The van der Waals surface area contributed by atoms with Crippen LogP contribution >= 0.6 is 0 Å². The third kappa shape index (κ3) is 3.54. The molecular weight excluding hydrogens is 300 g/mol. The number of rotatable bonds is 5. The van der Waals surface area contributed by atoms with Gasteiger partial charge in [-0.2, -0.15) is 0 Å². The highest BCUT2D eigenvalue weighted by molar-refractivity contribution is 5.37. The molecule has 128 valence electrons. The number of nitrogens with zero attached hydrogens (tertiary/aromatic N) is 2. The molecule has 1 aliphatic rings. The fourth-order valence-corrected chi connectivity index (χ4v) is 3.54. The molecule has 3 rings (SSSR count). The number of hydrogen-bond acceptors (Lipinski definition) is 3. The Kier molecular flexibility index (Phi) is 5.05. The molecule has 1 aromatic heterocycles. The van der Waals surface area contributed by atoms with Crippen molar-refractivity contribution in [3.63, 3.8) is 0 Å². The molecule has 0 radical (unpaired) electrons. The number of ether oxygens (including phenoxy) is 1. The molecule has 0 unspecified atom stereocenters. The third-order valence-corrected chi connectivity index (χ3v) is 4.81. The molecule has 0 saturated carbocycles. The van der Waals surface area contributed by atoms with Gasteiger partial charge in [0.15, 0.2) is 0 Å². The number of hydrogen-bond donors (Lipinski definition) is 0. The quantitative estimate of drug-likeness (QED) is 0.844. The average Bonchev–Trinajstić information content (AvgIpc) is 3.04. The van der Waals surface area contributed by atoms with Crippen LogP contribution in [0.5, 0.6) is 5.75 Å². The zero-order valence-corrected chi connectivity index (χ0v) is 14.7. The normalized spacial score (nSPS) is 18.2. The van der Waals surface area contributed by atoms with E-state index in [1.807, 2.05) is 42.8 Å². The Morgan fingerprint density at radius 1 is 1.21 bits per heavy atom. The van der Waals surface area contributed by atoms with Gasteiger partial charge < -0.3 is 9.30 Å². The van der Waals surface area contributed by atoms with E-state index >= 15 is 0 Å². The maximum absolute atomic E-state index is 11.9. The van der Waals surface area contributed by atoms with Crippen molar-refractivity contribution in [1.82, 2.24) is 9.47 Å². The molecule has 0 N–H and O–H groups in total. The first-order chi connectivity index (χ1) is 11.6. The second-order valence-electron chi connectivity index (χ2n) is 6.84. The molecule has 1 aliphatic heterocycles. The Morgan fingerprint density at radius 3 is 2.75 bits per heavy atom. The second-order valence-corrected chi connectivity index (χ2v) is 6.84. The Labute approximate surface area is 143 Å². The largest absolute Gasteiger partial charge is 0.496 e. The zero-order chi connectivity index (χ0) is 17.1. The maximum Gasteiger partial charge on any atom is 0.250 e. The summed E-state index contributed by atoms with van der Waals surface area (Å²) in [7, 11) is 1.74. The number of pyridine rings is 1. The van der Waals surface area contributed by atoms with E-state index in [0.717, 1.165) is 31.8 Å². The highest BCUT2D eigenvalue weighted by Crippen LogP contribution is 2.33. The molecule has 1 fully saturated rings. The highest BCUT2D eigenvalue weighted by atomic mass is 16.5. The summed E-state index contributed by atoms with van der Waals surface area (Å²) in [5.74, 6) is 1.50. The van der Waals surface area contributed by atoms with E-state index in [-0.39, 0.29) is 11.6 Å². The minimum absolute atomic E-state index is 0.0714. The zero-order valence-electron chi connectivity index (χ0n) is 14.7. The van der Waals surface area contributed by atoms with Crippen molar-refractivity contribution in [2.24, 2.45) is 0 Å². The van der Waals surface area contributed by atoms with Crippen LogP contribution in [-0.4, -0.2) is 29.7 Å². The number of aromatic nitrogens is 1. The lowest BCUT2D eigenvalue weighted by Gasteiger charge is -2.19. The van der Waals surface area contributed by atoms with Gasteiger partial charge in [-0.05, 0) is 44.0 Å². The van der Waals surface area contributed by atoms with Crippen LogP contribution in [0.25, 0.3) is 0 Å². The van der Waals surface area contributed by atoms with Crippen molar-refractivity contribution < 1.29 is 4.74 Å². The van der Waals surface area contributed by atoms with Gasteiger partial charge in [0, 0.05) is 37.3 Å². The predicted molar refractivity (Wildman–Crippen MR) is 96.7 cm³/mol. The van der Waals surface area contributed by atoms with Gasteiger partial charge in [0.05, 0.1) is 7.11 Å². The van der Waals surface area contributed by atoms with Gasteiger partial charge in [0.25, 0.3) is 5.56 Å². The first kappa shape index (κ1) is 16.8. The third-order valence-electron chi connectivity index (χ3n) is 4.81. The molecular formula is C20H26N2O2. The molecule has 1 atom stereocenters. The standard InChI is InChI=1S/C20H26N2O2/c1-15(2)22-13-16(8-9-20(22)23)12-21-11-10-17(14-21)18-6-4-5-7-19(18)24-3/h4-9,13,15,17H,10-12,14H2,1-3H3/t17-/m0/s1. The lowest BCUT2D eigenvalue weighted by Crippen LogP contribution is -2.24. The Morgan fingerprint density at radius 2 is 2.00 bits per heavy atom. The van der Waals surface area contributed by atoms with Crippen molar-refractivity contribution in [2.75, 3.05) is 20.2 Å². The highest BCUT2D eigenvalue weighted by Gasteiger charge is 2.26. The number of methoxy groups -OCH3 is 1. The van der Waals surface area contributed by atoms with Crippen molar-refractivity contribution >= 4 is 0 Å². The van der Waals surface area contributed by atoms with Crippen LogP contribution in [0, 0.1) is 0 Å². The van der Waals surface area contributed by atoms with Crippen molar-refractivity contribution in [1.29, 1.82) is 0 Å². The molecule has 2 heterocycles. The van der Waals surface area contributed by atoms with E-state index < -0.39 is 0 Å². The van der Waals surface area contributed by atoms with E-state index in [9.17, 15) is 4.79 Å². The van der Waals surface area contributed by atoms with Crippen LogP contribution in [0.4, 0.5) is 0 Å². The number of para-hydroxylation sites is 1. The van der Waals surface area contributed by atoms with Gasteiger partial charge in [-0.1, -0.05) is 24.3 Å². The molecule has 2 aromatic rings. The fourth-order valence-electron chi connectivity index (χ4n) is 3.54. The van der Waals surface area contributed by atoms with Gasteiger partial charge in [-0.15, -0.1) is 0 Å². The lowest BCUT2D eigenvalue weighted by atomic mass is 9.97. The Hall–Kier alpha value is -2.07. The number of benzene rings is 1. The average molecular weight is 326 g/mol. The summed E-state index contributed by atoms with van der Waals surface area (Å²) in [5.41, 5.74) is 2.57. The maximum atomic E-state index is 11.9. The van der Waals surface area contributed by atoms with Crippen LogP contribution in [0.15, 0.2) is 47.4 Å². The Balaban J connectivity index is 1.71. The van der Waals surface area contributed by atoms with Crippen LogP contribution in [-0.2, 0) is 6.54 Å². The molecule has 1 aromatic carbocycles. The van der Waals surface area contributed by atoms with Crippen LogP contribution in [0.1, 0.15) is 43.4 Å². The molecule has 0 bridgehead atoms. The molecule has 0 spiro atoms. The smallest absolute Gasteiger partial charge is 0.250 e. The fraction of sp³-hybridized carbons (Fsp3) is 0.450. The van der Waals surface area contributed by atoms with Crippen LogP contribution in [0.3, 0.4) is 0 Å². The first-order valence-corrected chi connectivity index (χ1v) is 8.65. The molecule has 24 heavy (non-hydrogen) atoms. The van der Waals surface area contributed by atoms with Crippen molar-refractivity contribution in [3.8, 4) is 5.75 Å². The van der Waals surface area contributed by atoms with E-state index in [4.69, 9.17) is 4.74 Å². The van der Waals surface area contributed by atoms with Gasteiger partial charge in [0.1, 0.15) is 5.75 Å². The SMILES string of the molecule is COc1ccccc1[C@H]1CCN(Cc2ccc(=O)n(C(C)C)c2)C1. The summed E-state index contributed by atoms with van der Waals surface area (Å²) in [6.07, 6.45) is 3.15. The van der Waals surface area contributed by atoms with E-state index in [1.54, 1.807) is 13.2 Å². The molecule has 0 aliphatic carbocycles. The first-order valence-electron chi connectivity index (χ1n) is 8.65. The van der Waals surface area contributed by atoms with Gasteiger partial charge in [-0.25, -0.2) is 0 Å². The minimum Gasteiger partial charge on any atom is -0.496 e.